The highest BCUT2D eigenvalue weighted by Crippen LogP contribution is 2.28. The van der Waals surface area contributed by atoms with E-state index in [0.29, 0.717) is 61.2 Å². The molecule has 1 amide bonds. The summed E-state index contributed by atoms with van der Waals surface area (Å²) in [6.07, 6.45) is 0. The van der Waals surface area contributed by atoms with E-state index in [9.17, 15) is 14.4 Å². The number of carbonyl (C=O) groups is 3. The second-order valence-electron chi connectivity index (χ2n) is 6.98. The van der Waals surface area contributed by atoms with Crippen LogP contribution in [-0.2, 0) is 9.47 Å². The van der Waals surface area contributed by atoms with E-state index in [0.717, 1.165) is 0 Å². The lowest BCUT2D eigenvalue weighted by Crippen LogP contribution is -2.37. The maximum atomic E-state index is 13.0. The molecule has 2 aromatic rings. The summed E-state index contributed by atoms with van der Waals surface area (Å²) < 4.78 is 15.9. The summed E-state index contributed by atoms with van der Waals surface area (Å²) >= 11 is 0. The predicted octanol–water partition coefficient (Wildman–Crippen LogP) is 3.16. The van der Waals surface area contributed by atoms with E-state index in [1.165, 1.54) is 20.1 Å². The van der Waals surface area contributed by atoms with Crippen LogP contribution < -0.4 is 15.0 Å². The smallest absolute Gasteiger partial charge is 0.339 e. The van der Waals surface area contributed by atoms with Gasteiger partial charge >= 0.3 is 5.97 Å². The predicted molar refractivity (Wildman–Crippen MR) is 116 cm³/mol. The van der Waals surface area contributed by atoms with E-state index >= 15 is 0 Å². The van der Waals surface area contributed by atoms with Crippen LogP contribution in [0.5, 0.6) is 5.75 Å². The van der Waals surface area contributed by atoms with Gasteiger partial charge in [0.05, 0.1) is 43.9 Å². The number of hydrogen-bond donors (Lipinski definition) is 1. The van der Waals surface area contributed by atoms with Crippen molar-refractivity contribution in [3.05, 3.63) is 53.1 Å². The molecule has 0 radical (unpaired) electrons. The highest BCUT2D eigenvalue weighted by molar-refractivity contribution is 6.08. The lowest BCUT2D eigenvalue weighted by Gasteiger charge is -2.30. The average molecular weight is 426 g/mol. The molecule has 8 nitrogen and oxygen atoms in total. The summed E-state index contributed by atoms with van der Waals surface area (Å²) in [5.41, 5.74) is 2.13. The van der Waals surface area contributed by atoms with Gasteiger partial charge in [0, 0.05) is 24.2 Å². The van der Waals surface area contributed by atoms with Gasteiger partial charge in [-0.15, -0.1) is 0 Å². The molecule has 0 aliphatic carbocycles. The molecule has 1 aliphatic rings. The van der Waals surface area contributed by atoms with E-state index in [4.69, 9.17) is 14.2 Å². The number of nitrogens with one attached hydrogen (secondary N) is 1. The Balaban J connectivity index is 1.92. The van der Waals surface area contributed by atoms with Gasteiger partial charge in [0.1, 0.15) is 5.75 Å². The summed E-state index contributed by atoms with van der Waals surface area (Å²) in [6.45, 7) is 6.11. The van der Waals surface area contributed by atoms with Crippen LogP contribution in [0, 0.1) is 0 Å². The zero-order valence-corrected chi connectivity index (χ0v) is 17.9. The number of ketones is 1. The van der Waals surface area contributed by atoms with Crippen LogP contribution in [-0.4, -0.2) is 57.7 Å². The van der Waals surface area contributed by atoms with Crippen molar-refractivity contribution >= 4 is 29.0 Å². The minimum absolute atomic E-state index is 0.124. The first-order chi connectivity index (χ1) is 14.9. The van der Waals surface area contributed by atoms with Crippen molar-refractivity contribution in [2.24, 2.45) is 0 Å². The molecule has 8 heteroatoms. The molecule has 0 aromatic heterocycles. The third-order valence-electron chi connectivity index (χ3n) is 4.95. The van der Waals surface area contributed by atoms with E-state index < -0.39 is 11.9 Å². The minimum Gasteiger partial charge on any atom is -0.492 e. The van der Waals surface area contributed by atoms with Crippen molar-refractivity contribution in [3.63, 3.8) is 0 Å². The number of benzene rings is 2. The molecule has 0 spiro atoms. The fraction of sp³-hybridized carbons (Fsp3) is 0.348. The van der Waals surface area contributed by atoms with Crippen LogP contribution in [0.1, 0.15) is 44.9 Å². The van der Waals surface area contributed by atoms with E-state index in [1.54, 1.807) is 30.3 Å². The Morgan fingerprint density at radius 1 is 1.06 bits per heavy atom. The molecule has 1 fully saturated rings. The number of nitrogens with zero attached hydrogens (tertiary/aromatic N) is 1. The molecule has 0 atom stereocenters. The maximum Gasteiger partial charge on any atom is 0.339 e. The number of morpholine rings is 1. The molecular formula is C23H26N2O6. The molecule has 0 bridgehead atoms. The monoisotopic (exact) mass is 426 g/mol. The Labute approximate surface area is 181 Å². The number of amides is 1. The molecule has 1 N–H and O–H groups in total. The minimum atomic E-state index is -0.523. The summed E-state index contributed by atoms with van der Waals surface area (Å²) in [5, 5.41) is 2.79. The molecule has 1 saturated heterocycles. The SMILES string of the molecule is CCOc1ccc(C(C)=O)cc1NC(=O)c1ccc(N2CCOCC2)c(C(=O)OC)c1. The number of methoxy groups -OCH3 is 1. The average Bonchev–Trinajstić information content (AvgIpc) is 2.79. The van der Waals surface area contributed by atoms with Gasteiger partial charge in [0.2, 0.25) is 0 Å². The topological polar surface area (TPSA) is 94.2 Å². The molecule has 0 unspecified atom stereocenters. The largest absolute Gasteiger partial charge is 0.492 e. The highest BCUT2D eigenvalue weighted by atomic mass is 16.5. The van der Waals surface area contributed by atoms with Gasteiger partial charge in [-0.2, -0.15) is 0 Å². The summed E-state index contributed by atoms with van der Waals surface area (Å²) in [7, 11) is 1.31. The zero-order valence-electron chi connectivity index (χ0n) is 17.9. The number of Topliss-reactive ketones (excluding diaryl/α,β-unsaturated/α-hetero) is 1. The lowest BCUT2D eigenvalue weighted by atomic mass is 10.1. The first-order valence-corrected chi connectivity index (χ1v) is 10.1. The van der Waals surface area contributed by atoms with Crippen LogP contribution >= 0.6 is 0 Å². The Kier molecular flexibility index (Phi) is 7.25. The molecule has 164 valence electrons. The van der Waals surface area contributed by atoms with Gasteiger partial charge in [0.25, 0.3) is 5.91 Å². The van der Waals surface area contributed by atoms with Crippen molar-refractivity contribution in [1.29, 1.82) is 0 Å². The normalized spacial score (nSPS) is 13.5. The zero-order chi connectivity index (χ0) is 22.4. The Morgan fingerprint density at radius 3 is 2.42 bits per heavy atom. The summed E-state index contributed by atoms with van der Waals surface area (Å²) in [4.78, 5) is 39.1. The Hall–Kier alpha value is -3.39. The van der Waals surface area contributed by atoms with Crippen LogP contribution in [0.25, 0.3) is 0 Å². The van der Waals surface area contributed by atoms with E-state index in [2.05, 4.69) is 5.32 Å². The Morgan fingerprint density at radius 2 is 1.77 bits per heavy atom. The highest BCUT2D eigenvalue weighted by Gasteiger charge is 2.22. The standard InChI is InChI=1S/C23H26N2O6/c1-4-31-21-8-6-16(15(2)26)14-19(21)24-22(27)17-5-7-20(18(13-17)23(28)29-3)25-9-11-30-12-10-25/h5-8,13-14H,4,9-12H2,1-3H3,(H,24,27). The van der Waals surface area contributed by atoms with Gasteiger partial charge in [-0.3, -0.25) is 9.59 Å². The Bertz CT molecular complexity index is 982. The van der Waals surface area contributed by atoms with Crippen molar-refractivity contribution in [2.75, 3.05) is 50.2 Å². The van der Waals surface area contributed by atoms with Crippen LogP contribution in [0.3, 0.4) is 0 Å². The molecule has 2 aromatic carbocycles. The van der Waals surface area contributed by atoms with E-state index in [1.807, 2.05) is 11.8 Å². The first kappa shape index (κ1) is 22.3. The number of esters is 1. The van der Waals surface area contributed by atoms with Gasteiger partial charge in [-0.05, 0) is 50.2 Å². The second kappa shape index (κ2) is 10.1. The van der Waals surface area contributed by atoms with Crippen LogP contribution in [0.15, 0.2) is 36.4 Å². The molecule has 3 rings (SSSR count). The fourth-order valence-corrected chi connectivity index (χ4v) is 3.35. The second-order valence-corrected chi connectivity index (χ2v) is 6.98. The lowest BCUT2D eigenvalue weighted by molar-refractivity contribution is 0.0600. The molecule has 1 heterocycles. The number of hydrogen-bond acceptors (Lipinski definition) is 7. The molecule has 31 heavy (non-hydrogen) atoms. The third-order valence-corrected chi connectivity index (χ3v) is 4.95. The van der Waals surface area contributed by atoms with Crippen molar-refractivity contribution in [1.82, 2.24) is 0 Å². The third kappa shape index (κ3) is 5.21. The van der Waals surface area contributed by atoms with Gasteiger partial charge < -0.3 is 24.4 Å². The number of rotatable bonds is 7. The number of anilines is 2. The van der Waals surface area contributed by atoms with E-state index in [-0.39, 0.29) is 11.3 Å². The summed E-state index contributed by atoms with van der Waals surface area (Å²) in [6, 6.07) is 9.78. The van der Waals surface area contributed by atoms with Crippen LogP contribution in [0.2, 0.25) is 0 Å². The molecule has 0 saturated carbocycles. The number of carbonyl (C=O) groups excluding carboxylic acids is 3. The maximum absolute atomic E-state index is 13.0. The quantitative estimate of drug-likeness (QED) is 0.537. The van der Waals surface area contributed by atoms with Crippen LogP contribution in [0.4, 0.5) is 11.4 Å². The van der Waals surface area contributed by atoms with Gasteiger partial charge in [-0.1, -0.05) is 0 Å². The van der Waals surface area contributed by atoms with Crippen molar-refractivity contribution in [3.8, 4) is 5.75 Å². The fourth-order valence-electron chi connectivity index (χ4n) is 3.35. The van der Waals surface area contributed by atoms with Crippen molar-refractivity contribution in [2.45, 2.75) is 13.8 Å². The van der Waals surface area contributed by atoms with Crippen molar-refractivity contribution < 1.29 is 28.6 Å². The molecule has 1 aliphatic heterocycles. The van der Waals surface area contributed by atoms with Gasteiger partial charge in [0.15, 0.2) is 5.78 Å². The summed E-state index contributed by atoms with van der Waals surface area (Å²) in [5.74, 6) is -0.620. The van der Waals surface area contributed by atoms with Gasteiger partial charge in [-0.25, -0.2) is 4.79 Å². The number of ether oxygens (including phenoxy) is 3. The molecular weight excluding hydrogens is 400 g/mol. The first-order valence-electron chi connectivity index (χ1n) is 10.1.